The number of aromatic amines is 1. The smallest absolute Gasteiger partial charge is 0.253 e. The maximum atomic E-state index is 12.4. The van der Waals surface area contributed by atoms with Crippen molar-refractivity contribution in [3.8, 4) is 17.1 Å². The number of H-pyrrole nitrogens is 1. The lowest BCUT2D eigenvalue weighted by Gasteiger charge is -2.22. The van der Waals surface area contributed by atoms with Gasteiger partial charge in [-0.15, -0.1) is 0 Å². The molecule has 2 aliphatic heterocycles. The molecule has 4 heterocycles. The average Bonchev–Trinajstić information content (AvgIpc) is 3.14. The molecular weight excluding hydrogens is 356 g/mol. The highest BCUT2D eigenvalue weighted by molar-refractivity contribution is 6.00. The number of carbonyl (C=O) groups excluding carboxylic acids is 1. The Balaban J connectivity index is 1.78. The van der Waals surface area contributed by atoms with Crippen molar-refractivity contribution in [1.29, 1.82) is 0 Å². The topological polar surface area (TPSA) is 100 Å². The second kappa shape index (κ2) is 6.45. The third-order valence-electron chi connectivity index (χ3n) is 5.34. The van der Waals surface area contributed by atoms with Crippen LogP contribution < -0.4 is 10.1 Å². The zero-order valence-electron chi connectivity index (χ0n) is 15.4. The molecular formula is C21H20N4O3. The van der Waals surface area contributed by atoms with Crippen LogP contribution in [0.3, 0.4) is 0 Å². The number of benzene rings is 1. The molecule has 4 bridgehead atoms. The molecule has 0 saturated carbocycles. The molecule has 7 heteroatoms. The molecule has 142 valence electrons. The van der Waals surface area contributed by atoms with Crippen molar-refractivity contribution in [1.82, 2.24) is 20.3 Å². The number of aliphatic hydroxyl groups is 1. The first-order valence-corrected chi connectivity index (χ1v) is 9.37. The van der Waals surface area contributed by atoms with E-state index in [0.29, 0.717) is 29.2 Å². The van der Waals surface area contributed by atoms with Crippen LogP contribution in [-0.2, 0) is 0 Å². The fourth-order valence-corrected chi connectivity index (χ4v) is 3.89. The SMILES string of the molecule is Cc1nc2cccc3c2nc1O[C@H](CO)/C=C/C[C@H]1CNC(=O)c2cc-3[nH]c21. The van der Waals surface area contributed by atoms with Gasteiger partial charge in [0.15, 0.2) is 0 Å². The molecule has 0 saturated heterocycles. The van der Waals surface area contributed by atoms with Crippen LogP contribution in [0.25, 0.3) is 22.3 Å². The molecule has 7 nitrogen and oxygen atoms in total. The fourth-order valence-electron chi connectivity index (χ4n) is 3.89. The van der Waals surface area contributed by atoms with Crippen molar-refractivity contribution in [2.75, 3.05) is 13.2 Å². The lowest BCUT2D eigenvalue weighted by Crippen LogP contribution is -2.34. The zero-order valence-corrected chi connectivity index (χ0v) is 15.4. The van der Waals surface area contributed by atoms with Gasteiger partial charge in [-0.05, 0) is 31.6 Å². The summed E-state index contributed by atoms with van der Waals surface area (Å²) in [6, 6.07) is 7.68. The normalized spacial score (nSPS) is 22.0. The van der Waals surface area contributed by atoms with Crippen LogP contribution in [-0.4, -0.2) is 45.2 Å². The Labute approximate surface area is 161 Å². The van der Waals surface area contributed by atoms with Gasteiger partial charge in [0, 0.05) is 29.4 Å². The fraction of sp³-hybridized carbons (Fsp3) is 0.286. The van der Waals surface area contributed by atoms with Gasteiger partial charge >= 0.3 is 0 Å². The van der Waals surface area contributed by atoms with E-state index in [2.05, 4.69) is 15.3 Å². The van der Waals surface area contributed by atoms with Gasteiger partial charge in [0.1, 0.15) is 17.3 Å². The molecule has 0 spiro atoms. The highest BCUT2D eigenvalue weighted by Gasteiger charge is 2.28. The Morgan fingerprint density at radius 3 is 3.04 bits per heavy atom. The summed E-state index contributed by atoms with van der Waals surface area (Å²) in [6.07, 6.45) is 4.04. The summed E-state index contributed by atoms with van der Waals surface area (Å²) in [6.45, 7) is 2.25. The summed E-state index contributed by atoms with van der Waals surface area (Å²) in [7, 11) is 0. The summed E-state index contributed by atoms with van der Waals surface area (Å²) in [5, 5.41) is 12.7. The van der Waals surface area contributed by atoms with Crippen LogP contribution in [0.5, 0.6) is 5.88 Å². The molecule has 0 fully saturated rings. The molecule has 5 rings (SSSR count). The van der Waals surface area contributed by atoms with Crippen LogP contribution in [0.4, 0.5) is 0 Å². The number of fused-ring (bicyclic) bond motifs is 3. The molecule has 2 aliphatic rings. The number of aromatic nitrogens is 3. The number of hydrogen-bond acceptors (Lipinski definition) is 5. The number of ether oxygens (including phenoxy) is 1. The predicted octanol–water partition coefficient (Wildman–Crippen LogP) is 2.46. The first kappa shape index (κ1) is 16.9. The van der Waals surface area contributed by atoms with E-state index in [1.54, 1.807) is 0 Å². The lowest BCUT2D eigenvalue weighted by atomic mass is 9.94. The van der Waals surface area contributed by atoms with Crippen molar-refractivity contribution in [3.05, 3.63) is 53.4 Å². The molecule has 0 radical (unpaired) electrons. The number of aryl methyl sites for hydroxylation is 1. The zero-order chi connectivity index (χ0) is 19.3. The van der Waals surface area contributed by atoms with Gasteiger partial charge in [-0.2, -0.15) is 0 Å². The minimum Gasteiger partial charge on any atom is -0.466 e. The molecule has 0 unspecified atom stereocenters. The Hall–Kier alpha value is -3.19. The van der Waals surface area contributed by atoms with Gasteiger partial charge in [-0.1, -0.05) is 18.2 Å². The molecule has 1 aromatic carbocycles. The lowest BCUT2D eigenvalue weighted by molar-refractivity contribution is 0.0940. The van der Waals surface area contributed by atoms with E-state index in [-0.39, 0.29) is 18.4 Å². The summed E-state index contributed by atoms with van der Waals surface area (Å²) in [4.78, 5) is 25.2. The number of allylic oxidation sites excluding steroid dienone is 1. The van der Waals surface area contributed by atoms with Gasteiger partial charge in [-0.25, -0.2) is 9.97 Å². The number of nitrogens with one attached hydrogen (secondary N) is 2. The summed E-state index contributed by atoms with van der Waals surface area (Å²) in [5.41, 5.74) is 5.41. The summed E-state index contributed by atoms with van der Waals surface area (Å²) in [5.74, 6) is 0.466. The first-order valence-electron chi connectivity index (χ1n) is 9.37. The second-order valence-electron chi connectivity index (χ2n) is 7.21. The number of para-hydroxylation sites is 1. The summed E-state index contributed by atoms with van der Waals surface area (Å²) >= 11 is 0. The van der Waals surface area contributed by atoms with Crippen LogP contribution >= 0.6 is 0 Å². The van der Waals surface area contributed by atoms with Crippen LogP contribution in [0.2, 0.25) is 0 Å². The number of rotatable bonds is 1. The van der Waals surface area contributed by atoms with E-state index in [4.69, 9.17) is 9.72 Å². The maximum Gasteiger partial charge on any atom is 0.253 e. The Kier molecular flexibility index (Phi) is 3.91. The quantitative estimate of drug-likeness (QED) is 0.567. The predicted molar refractivity (Wildman–Crippen MR) is 104 cm³/mol. The molecule has 2 atom stereocenters. The van der Waals surface area contributed by atoms with E-state index in [1.807, 2.05) is 43.3 Å². The second-order valence-corrected chi connectivity index (χ2v) is 7.21. The third kappa shape index (κ3) is 2.66. The van der Waals surface area contributed by atoms with Crippen molar-refractivity contribution >= 4 is 16.9 Å². The number of hydrogen-bond donors (Lipinski definition) is 3. The Morgan fingerprint density at radius 2 is 2.18 bits per heavy atom. The summed E-state index contributed by atoms with van der Waals surface area (Å²) < 4.78 is 5.94. The van der Waals surface area contributed by atoms with Crippen molar-refractivity contribution < 1.29 is 14.6 Å². The third-order valence-corrected chi connectivity index (χ3v) is 5.34. The molecule has 2 aromatic heterocycles. The van der Waals surface area contributed by atoms with Crippen LogP contribution in [0.15, 0.2) is 36.4 Å². The maximum absolute atomic E-state index is 12.4. The van der Waals surface area contributed by atoms with Crippen LogP contribution in [0, 0.1) is 6.92 Å². The Morgan fingerprint density at radius 1 is 1.29 bits per heavy atom. The van der Waals surface area contributed by atoms with E-state index >= 15 is 0 Å². The largest absolute Gasteiger partial charge is 0.466 e. The van der Waals surface area contributed by atoms with E-state index < -0.39 is 6.10 Å². The monoisotopic (exact) mass is 376 g/mol. The van der Waals surface area contributed by atoms with E-state index in [0.717, 1.165) is 28.9 Å². The average molecular weight is 376 g/mol. The standard InChI is InChI=1S/C21H20N4O3/c1-11-21-25-19-14(6-3-7-16(19)23-11)17-8-15-18(24-17)12(9-22-20(15)27)4-2-5-13(10-26)28-21/h2-3,5-8,12-13,24,26H,4,9-10H2,1H3,(H,22,27)/b5-2+/t12-,13-/m0/s1. The minimum absolute atomic E-state index is 0.0655. The first-order chi connectivity index (χ1) is 13.6. The molecule has 28 heavy (non-hydrogen) atoms. The number of amides is 1. The number of carbonyl (C=O) groups is 1. The van der Waals surface area contributed by atoms with E-state index in [1.165, 1.54) is 0 Å². The molecule has 1 amide bonds. The van der Waals surface area contributed by atoms with Crippen molar-refractivity contribution in [2.24, 2.45) is 0 Å². The molecule has 3 aromatic rings. The number of nitrogens with zero attached hydrogens (tertiary/aromatic N) is 2. The highest BCUT2D eigenvalue weighted by atomic mass is 16.5. The minimum atomic E-state index is -0.505. The van der Waals surface area contributed by atoms with Crippen molar-refractivity contribution in [2.45, 2.75) is 25.4 Å². The number of aliphatic hydroxyl groups excluding tert-OH is 1. The van der Waals surface area contributed by atoms with Crippen LogP contribution in [0.1, 0.15) is 34.1 Å². The van der Waals surface area contributed by atoms with Crippen molar-refractivity contribution in [3.63, 3.8) is 0 Å². The van der Waals surface area contributed by atoms with Gasteiger partial charge in [0.2, 0.25) is 5.88 Å². The van der Waals surface area contributed by atoms with Gasteiger partial charge in [-0.3, -0.25) is 4.79 Å². The van der Waals surface area contributed by atoms with Gasteiger partial charge in [0.05, 0.1) is 17.7 Å². The highest BCUT2D eigenvalue weighted by Crippen LogP contribution is 2.34. The van der Waals surface area contributed by atoms with Gasteiger partial charge in [0.25, 0.3) is 5.91 Å². The van der Waals surface area contributed by atoms with Gasteiger partial charge < -0.3 is 20.1 Å². The van der Waals surface area contributed by atoms with E-state index in [9.17, 15) is 9.90 Å². The molecule has 0 aliphatic carbocycles. The Bertz CT molecular complexity index is 1120. The molecule has 3 N–H and O–H groups in total.